The zero-order valence-corrected chi connectivity index (χ0v) is 22.5. The zero-order chi connectivity index (χ0) is 28.3. The monoisotopic (exact) mass is 529 g/mol. The fraction of sp³-hybridized carbons (Fsp3) is 0.615. The van der Waals surface area contributed by atoms with Gasteiger partial charge in [0.25, 0.3) is 0 Å². The number of primary amides is 1. The van der Waals surface area contributed by atoms with E-state index in [2.05, 4.69) is 10.3 Å². The number of pyridine rings is 1. The first-order valence-corrected chi connectivity index (χ1v) is 12.7. The zero-order valence-electron chi connectivity index (χ0n) is 22.5. The van der Waals surface area contributed by atoms with E-state index in [0.717, 1.165) is 6.42 Å². The number of hydrogen-bond acceptors (Lipinski definition) is 11. The molecule has 6 unspecified atom stereocenters. The summed E-state index contributed by atoms with van der Waals surface area (Å²) in [4.78, 5) is 75.3. The normalized spacial score (nSPS) is 30.6. The molecule has 38 heavy (non-hydrogen) atoms. The van der Waals surface area contributed by atoms with Crippen LogP contribution in [0.4, 0.5) is 11.6 Å². The Hall–Kier alpha value is -3.38. The van der Waals surface area contributed by atoms with E-state index in [1.807, 2.05) is 6.92 Å². The number of rotatable bonds is 7. The number of aromatic hydroxyl groups is 1. The quantitative estimate of drug-likeness (QED) is 0.400. The first kappa shape index (κ1) is 27.6. The minimum absolute atomic E-state index is 0.0171. The highest BCUT2D eigenvalue weighted by molar-refractivity contribution is 6.32. The molecule has 4 rings (SSSR count). The van der Waals surface area contributed by atoms with Crippen molar-refractivity contribution in [2.45, 2.75) is 37.8 Å². The predicted molar refractivity (Wildman–Crippen MR) is 137 cm³/mol. The van der Waals surface area contributed by atoms with Crippen LogP contribution in [0.15, 0.2) is 0 Å². The maximum absolute atomic E-state index is 14.2. The van der Waals surface area contributed by atoms with Crippen LogP contribution in [0.2, 0.25) is 0 Å². The summed E-state index contributed by atoms with van der Waals surface area (Å²) in [6.45, 7) is 2.45. The second kappa shape index (κ2) is 9.73. The molecule has 1 heterocycles. The number of ether oxygens (including phenoxy) is 1. The summed E-state index contributed by atoms with van der Waals surface area (Å²) in [6, 6.07) is -1.01. The minimum atomic E-state index is -2.20. The van der Waals surface area contributed by atoms with Gasteiger partial charge in [0.15, 0.2) is 46.2 Å². The van der Waals surface area contributed by atoms with Gasteiger partial charge in [-0.2, -0.15) is 0 Å². The third-order valence-electron chi connectivity index (χ3n) is 8.16. The number of carbonyl (C=O) groups excluding carboxylic acids is 5. The van der Waals surface area contributed by atoms with Crippen molar-refractivity contribution in [2.24, 2.45) is 29.4 Å². The van der Waals surface area contributed by atoms with Crippen LogP contribution in [0.3, 0.4) is 0 Å². The van der Waals surface area contributed by atoms with E-state index in [-0.39, 0.29) is 30.0 Å². The molecule has 2 saturated carbocycles. The summed E-state index contributed by atoms with van der Waals surface area (Å²) >= 11 is 0. The predicted octanol–water partition coefficient (Wildman–Crippen LogP) is -0.196. The lowest BCUT2D eigenvalue weighted by atomic mass is 9.52. The largest absolute Gasteiger partial charge is 0.504 e. The van der Waals surface area contributed by atoms with Crippen molar-refractivity contribution in [2.75, 3.05) is 52.1 Å². The lowest BCUT2D eigenvalue weighted by molar-refractivity contribution is -0.186. The van der Waals surface area contributed by atoms with Crippen LogP contribution >= 0.6 is 0 Å². The topological polar surface area (TPSA) is 172 Å². The van der Waals surface area contributed by atoms with Crippen molar-refractivity contribution in [3.05, 3.63) is 11.1 Å². The van der Waals surface area contributed by atoms with Gasteiger partial charge in [-0.1, -0.05) is 6.92 Å². The molecular formula is C26H35N5O7. The molecular weight excluding hydrogens is 494 g/mol. The average molecular weight is 530 g/mol. The Morgan fingerprint density at radius 3 is 2.37 bits per heavy atom. The van der Waals surface area contributed by atoms with E-state index in [9.17, 15) is 29.1 Å². The van der Waals surface area contributed by atoms with E-state index >= 15 is 0 Å². The number of nitrogens with one attached hydrogen (secondary N) is 1. The molecule has 1 aromatic heterocycles. The van der Waals surface area contributed by atoms with Crippen LogP contribution < -0.4 is 16.0 Å². The Morgan fingerprint density at radius 2 is 1.84 bits per heavy atom. The molecule has 3 aliphatic rings. The average Bonchev–Trinajstić information content (AvgIpc) is 2.82. The lowest BCUT2D eigenvalue weighted by Crippen LogP contribution is -2.74. The molecule has 12 nitrogen and oxygen atoms in total. The molecule has 0 aliphatic heterocycles. The molecule has 0 bridgehead atoms. The van der Waals surface area contributed by atoms with Crippen LogP contribution in [0.1, 0.15) is 35.7 Å². The first-order chi connectivity index (χ1) is 17.8. The van der Waals surface area contributed by atoms with Gasteiger partial charge in [-0.3, -0.25) is 28.9 Å². The van der Waals surface area contributed by atoms with Crippen molar-refractivity contribution in [1.82, 2.24) is 9.88 Å². The third kappa shape index (κ3) is 3.72. The van der Waals surface area contributed by atoms with E-state index in [1.54, 1.807) is 38.0 Å². The van der Waals surface area contributed by atoms with Gasteiger partial charge in [0, 0.05) is 39.2 Å². The molecule has 0 radical (unpaired) electrons. The van der Waals surface area contributed by atoms with Crippen molar-refractivity contribution in [3.8, 4) is 5.75 Å². The standard InChI is InChI=1S/C26H35N5O7/c1-7-8-28-24-20(34)15-12(25(29-24)31(4)5)9-11-10-13-17(30(2)3)19(33)16(23(27)37)22(36)26(13,38-6)21(35)14(11)18(15)32/h11,13-14,16-17,34H,7-10H2,1-6H3,(H2,27,37)(H,28,29). The Kier molecular flexibility index (Phi) is 7.08. The van der Waals surface area contributed by atoms with Crippen LogP contribution in [0.25, 0.3) is 0 Å². The number of aromatic nitrogens is 1. The molecule has 1 aromatic rings. The number of ketones is 4. The molecule has 6 atom stereocenters. The SMILES string of the molecule is CCCNc1nc(N(C)C)c2c(c1O)C(=O)C1C(=O)C3(OC)C(=O)C(C(N)=O)C(=O)C(N(C)C)C3CC1C2. The third-order valence-corrected chi connectivity index (χ3v) is 8.16. The van der Waals surface area contributed by atoms with E-state index in [0.29, 0.717) is 17.9 Å². The number of carbonyl (C=O) groups is 5. The molecule has 0 aromatic carbocycles. The highest BCUT2D eigenvalue weighted by atomic mass is 16.5. The Labute approximate surface area is 220 Å². The van der Waals surface area contributed by atoms with Gasteiger partial charge in [0.1, 0.15) is 5.82 Å². The van der Waals surface area contributed by atoms with E-state index in [4.69, 9.17) is 10.5 Å². The first-order valence-electron chi connectivity index (χ1n) is 12.7. The van der Waals surface area contributed by atoms with Crippen LogP contribution in [-0.2, 0) is 30.3 Å². The minimum Gasteiger partial charge on any atom is -0.504 e. The van der Waals surface area contributed by atoms with Crippen LogP contribution in [0, 0.1) is 23.7 Å². The molecule has 12 heteroatoms. The number of methoxy groups -OCH3 is 1. The Bertz CT molecular complexity index is 1230. The maximum atomic E-state index is 14.2. The van der Waals surface area contributed by atoms with E-state index < -0.39 is 64.4 Å². The fourth-order valence-corrected chi connectivity index (χ4v) is 6.61. The van der Waals surface area contributed by atoms with Crippen molar-refractivity contribution in [1.29, 1.82) is 0 Å². The molecule has 2 fully saturated rings. The molecule has 0 spiro atoms. The van der Waals surface area contributed by atoms with Gasteiger partial charge in [-0.05, 0) is 39.3 Å². The second-order valence-corrected chi connectivity index (χ2v) is 10.8. The summed E-state index contributed by atoms with van der Waals surface area (Å²) < 4.78 is 5.64. The van der Waals surface area contributed by atoms with Gasteiger partial charge in [-0.15, -0.1) is 0 Å². The smallest absolute Gasteiger partial charge is 0.235 e. The molecule has 3 aliphatic carbocycles. The number of nitrogens with two attached hydrogens (primary N) is 1. The van der Waals surface area contributed by atoms with Gasteiger partial charge >= 0.3 is 0 Å². The van der Waals surface area contributed by atoms with Crippen LogP contribution in [-0.4, -0.2) is 97.5 Å². The van der Waals surface area contributed by atoms with Gasteiger partial charge in [0.05, 0.1) is 17.5 Å². The molecule has 1 amide bonds. The Morgan fingerprint density at radius 1 is 1.18 bits per heavy atom. The lowest BCUT2D eigenvalue weighted by Gasteiger charge is -2.54. The number of hydrogen-bond donors (Lipinski definition) is 3. The van der Waals surface area contributed by atoms with Crippen LogP contribution in [0.5, 0.6) is 5.75 Å². The highest BCUT2D eigenvalue weighted by Crippen LogP contribution is 2.53. The number of likely N-dealkylation sites (N-methyl/N-ethyl adjacent to an activating group) is 1. The van der Waals surface area contributed by atoms with E-state index in [1.165, 1.54) is 7.11 Å². The fourth-order valence-electron chi connectivity index (χ4n) is 6.61. The van der Waals surface area contributed by atoms with Gasteiger partial charge < -0.3 is 25.8 Å². The van der Waals surface area contributed by atoms with Gasteiger partial charge in [0.2, 0.25) is 5.91 Å². The van der Waals surface area contributed by atoms with Crippen molar-refractivity contribution in [3.63, 3.8) is 0 Å². The number of anilines is 2. The number of fused-ring (bicyclic) bond motifs is 3. The number of nitrogens with zero attached hydrogens (tertiary/aromatic N) is 3. The number of Topliss-reactive ketones (excluding diaryl/α,β-unsaturated/α-hetero) is 4. The molecule has 206 valence electrons. The maximum Gasteiger partial charge on any atom is 0.235 e. The van der Waals surface area contributed by atoms with Gasteiger partial charge in [-0.25, -0.2) is 4.98 Å². The summed E-state index contributed by atoms with van der Waals surface area (Å²) in [5.74, 6) is -8.74. The number of amides is 1. The summed E-state index contributed by atoms with van der Waals surface area (Å²) in [6.07, 6.45) is 1.10. The van der Waals surface area contributed by atoms with Crippen molar-refractivity contribution >= 4 is 40.7 Å². The Balaban J connectivity index is 1.91. The summed E-state index contributed by atoms with van der Waals surface area (Å²) in [5, 5.41) is 14.1. The highest BCUT2D eigenvalue weighted by Gasteiger charge is 2.70. The van der Waals surface area contributed by atoms with Crippen molar-refractivity contribution < 1.29 is 33.8 Å². The molecule has 4 N–H and O–H groups in total. The second-order valence-electron chi connectivity index (χ2n) is 10.8. The summed E-state index contributed by atoms with van der Waals surface area (Å²) in [5.41, 5.74) is 3.74. The summed E-state index contributed by atoms with van der Waals surface area (Å²) in [7, 11) is 7.94. The molecule has 0 saturated heterocycles.